The summed E-state index contributed by atoms with van der Waals surface area (Å²) >= 11 is 0. The highest BCUT2D eigenvalue weighted by Gasteiger charge is 2.20. The Kier molecular flexibility index (Phi) is 4.85. The summed E-state index contributed by atoms with van der Waals surface area (Å²) in [6, 6.07) is 19.0. The molecule has 0 fully saturated rings. The van der Waals surface area contributed by atoms with Gasteiger partial charge >= 0.3 is 0 Å². The zero-order valence-electron chi connectivity index (χ0n) is 15.8. The molecule has 6 nitrogen and oxygen atoms in total. The van der Waals surface area contributed by atoms with E-state index in [4.69, 9.17) is 14.1 Å². The fraction of sp³-hybridized carbons (Fsp3) is 0.182. The lowest BCUT2D eigenvalue weighted by Gasteiger charge is -2.16. The maximum atomic E-state index is 12.4. The fourth-order valence-electron chi connectivity index (χ4n) is 3.24. The van der Waals surface area contributed by atoms with Gasteiger partial charge in [0.25, 0.3) is 5.91 Å². The van der Waals surface area contributed by atoms with E-state index in [1.807, 2.05) is 55.5 Å². The number of aromatic nitrogens is 2. The van der Waals surface area contributed by atoms with Crippen LogP contribution in [0.2, 0.25) is 0 Å². The van der Waals surface area contributed by atoms with Gasteiger partial charge in [-0.2, -0.15) is 0 Å². The second kappa shape index (κ2) is 7.60. The number of rotatable bonds is 6. The first-order valence-corrected chi connectivity index (χ1v) is 9.08. The van der Waals surface area contributed by atoms with Crippen LogP contribution in [0, 0.1) is 0 Å². The molecule has 6 heteroatoms. The number of hydrogen-bond acceptors (Lipinski definition) is 4. The van der Waals surface area contributed by atoms with Crippen LogP contribution in [0.1, 0.15) is 34.9 Å². The largest absolute Gasteiger partial charge is 0.497 e. The Morgan fingerprint density at radius 3 is 2.64 bits per heavy atom. The molecule has 0 aliphatic heterocycles. The van der Waals surface area contributed by atoms with Crippen molar-refractivity contribution in [1.29, 1.82) is 0 Å². The third kappa shape index (κ3) is 3.49. The molecule has 2 aromatic heterocycles. The van der Waals surface area contributed by atoms with Crippen molar-refractivity contribution in [3.05, 3.63) is 84.1 Å². The molecule has 1 atom stereocenters. The van der Waals surface area contributed by atoms with E-state index in [1.165, 1.54) is 6.26 Å². The number of methoxy groups -OCH3 is 1. The molecule has 4 aromatic rings. The molecule has 2 aromatic carbocycles. The molecule has 28 heavy (non-hydrogen) atoms. The number of imidazole rings is 1. The van der Waals surface area contributed by atoms with Crippen molar-refractivity contribution in [2.75, 3.05) is 7.11 Å². The first-order valence-electron chi connectivity index (χ1n) is 9.08. The van der Waals surface area contributed by atoms with Gasteiger partial charge in [0.2, 0.25) is 0 Å². The number of carbonyl (C=O) groups is 1. The predicted octanol–water partition coefficient (Wildman–Crippen LogP) is 4.18. The Hall–Kier alpha value is -3.54. The molecule has 1 amide bonds. The lowest BCUT2D eigenvalue weighted by Crippen LogP contribution is -2.28. The molecule has 0 saturated heterocycles. The molecule has 0 spiro atoms. The van der Waals surface area contributed by atoms with Gasteiger partial charge in [0.15, 0.2) is 5.76 Å². The first-order chi connectivity index (χ1) is 13.7. The molecule has 0 saturated carbocycles. The Labute approximate surface area is 162 Å². The summed E-state index contributed by atoms with van der Waals surface area (Å²) in [7, 11) is 1.65. The van der Waals surface area contributed by atoms with E-state index in [2.05, 4.69) is 9.88 Å². The van der Waals surface area contributed by atoms with Gasteiger partial charge in [-0.05, 0) is 48.9 Å². The number of furan rings is 1. The van der Waals surface area contributed by atoms with Crippen molar-refractivity contribution in [3.63, 3.8) is 0 Å². The van der Waals surface area contributed by atoms with Gasteiger partial charge in [-0.15, -0.1) is 0 Å². The summed E-state index contributed by atoms with van der Waals surface area (Å²) in [6.45, 7) is 2.56. The van der Waals surface area contributed by atoms with Crippen LogP contribution in [0.4, 0.5) is 0 Å². The van der Waals surface area contributed by atoms with E-state index in [-0.39, 0.29) is 17.7 Å². The summed E-state index contributed by atoms with van der Waals surface area (Å²) in [5, 5.41) is 2.97. The number of para-hydroxylation sites is 2. The van der Waals surface area contributed by atoms with Crippen LogP contribution in [-0.2, 0) is 6.54 Å². The van der Waals surface area contributed by atoms with Crippen LogP contribution in [0.3, 0.4) is 0 Å². The molecule has 1 N–H and O–H groups in total. The first kappa shape index (κ1) is 17.9. The van der Waals surface area contributed by atoms with E-state index in [9.17, 15) is 4.79 Å². The van der Waals surface area contributed by atoms with Crippen LogP contribution >= 0.6 is 0 Å². The van der Waals surface area contributed by atoms with Crippen molar-refractivity contribution in [1.82, 2.24) is 14.9 Å². The number of nitrogens with zero attached hydrogens (tertiary/aromatic N) is 2. The lowest BCUT2D eigenvalue weighted by molar-refractivity contribution is 0.0909. The average molecular weight is 375 g/mol. The number of benzene rings is 2. The summed E-state index contributed by atoms with van der Waals surface area (Å²) in [5.74, 6) is 1.63. The van der Waals surface area contributed by atoms with E-state index in [1.54, 1.807) is 19.2 Å². The third-order valence-corrected chi connectivity index (χ3v) is 4.66. The zero-order chi connectivity index (χ0) is 19.5. The van der Waals surface area contributed by atoms with Gasteiger partial charge in [-0.3, -0.25) is 4.79 Å². The minimum atomic E-state index is -0.289. The van der Waals surface area contributed by atoms with Crippen molar-refractivity contribution in [2.45, 2.75) is 19.5 Å². The quantitative estimate of drug-likeness (QED) is 0.549. The van der Waals surface area contributed by atoms with Crippen molar-refractivity contribution < 1.29 is 13.9 Å². The SMILES string of the molecule is COc1ccc(Cn2c([C@H](C)NC(=O)c3ccco3)nc3ccccc32)cc1. The molecule has 142 valence electrons. The van der Waals surface area contributed by atoms with E-state index in [0.717, 1.165) is 28.2 Å². The fourth-order valence-corrected chi connectivity index (χ4v) is 3.24. The van der Waals surface area contributed by atoms with Crippen LogP contribution in [0.25, 0.3) is 11.0 Å². The molecule has 0 radical (unpaired) electrons. The number of ether oxygens (including phenoxy) is 1. The zero-order valence-corrected chi connectivity index (χ0v) is 15.8. The molecule has 0 bridgehead atoms. The highest BCUT2D eigenvalue weighted by Crippen LogP contribution is 2.23. The predicted molar refractivity (Wildman–Crippen MR) is 106 cm³/mol. The average Bonchev–Trinajstić information content (AvgIpc) is 3.37. The Morgan fingerprint density at radius 1 is 1.14 bits per heavy atom. The second-order valence-electron chi connectivity index (χ2n) is 6.57. The minimum absolute atomic E-state index is 0.263. The monoisotopic (exact) mass is 375 g/mol. The van der Waals surface area contributed by atoms with Gasteiger partial charge in [-0.25, -0.2) is 4.98 Å². The van der Waals surface area contributed by atoms with Crippen molar-refractivity contribution in [3.8, 4) is 5.75 Å². The molecule has 0 aliphatic carbocycles. The Morgan fingerprint density at radius 2 is 1.93 bits per heavy atom. The van der Waals surface area contributed by atoms with Gasteiger partial charge in [0.05, 0.1) is 30.4 Å². The minimum Gasteiger partial charge on any atom is -0.497 e. The molecular weight excluding hydrogens is 354 g/mol. The van der Waals surface area contributed by atoms with Crippen LogP contribution in [-0.4, -0.2) is 22.6 Å². The third-order valence-electron chi connectivity index (χ3n) is 4.66. The molecule has 0 unspecified atom stereocenters. The number of fused-ring (bicyclic) bond motifs is 1. The number of nitrogens with one attached hydrogen (secondary N) is 1. The van der Waals surface area contributed by atoms with Crippen LogP contribution < -0.4 is 10.1 Å². The topological polar surface area (TPSA) is 69.3 Å². The number of hydrogen-bond donors (Lipinski definition) is 1. The van der Waals surface area contributed by atoms with E-state index >= 15 is 0 Å². The van der Waals surface area contributed by atoms with Gasteiger partial charge in [0.1, 0.15) is 11.6 Å². The maximum Gasteiger partial charge on any atom is 0.287 e. The molecule has 2 heterocycles. The van der Waals surface area contributed by atoms with Crippen LogP contribution in [0.15, 0.2) is 71.3 Å². The molecule has 0 aliphatic rings. The summed E-state index contributed by atoms with van der Waals surface area (Å²) < 4.78 is 12.6. The van der Waals surface area contributed by atoms with Crippen molar-refractivity contribution in [2.24, 2.45) is 0 Å². The standard InChI is InChI=1S/C22H21N3O3/c1-15(23-22(26)20-8-5-13-28-20)21-24-18-6-3-4-7-19(18)25(21)14-16-9-11-17(27-2)12-10-16/h3-13,15H,14H2,1-2H3,(H,23,26)/t15-/m0/s1. The summed E-state index contributed by atoms with van der Waals surface area (Å²) in [6.07, 6.45) is 1.48. The Bertz CT molecular complexity index is 1080. The van der Waals surface area contributed by atoms with Gasteiger partial charge < -0.3 is 19.0 Å². The normalized spacial score (nSPS) is 12.1. The second-order valence-corrected chi connectivity index (χ2v) is 6.57. The summed E-state index contributed by atoms with van der Waals surface area (Å²) in [4.78, 5) is 17.2. The van der Waals surface area contributed by atoms with Gasteiger partial charge in [0, 0.05) is 6.54 Å². The van der Waals surface area contributed by atoms with E-state index in [0.29, 0.717) is 6.54 Å². The summed E-state index contributed by atoms with van der Waals surface area (Å²) in [5.41, 5.74) is 3.03. The lowest BCUT2D eigenvalue weighted by atomic mass is 10.2. The van der Waals surface area contributed by atoms with E-state index < -0.39 is 0 Å². The molecular formula is C22H21N3O3. The van der Waals surface area contributed by atoms with Crippen molar-refractivity contribution >= 4 is 16.9 Å². The Balaban J connectivity index is 1.67. The highest BCUT2D eigenvalue weighted by atomic mass is 16.5. The highest BCUT2D eigenvalue weighted by molar-refractivity contribution is 5.91. The number of carbonyl (C=O) groups excluding carboxylic acids is 1. The van der Waals surface area contributed by atoms with Gasteiger partial charge in [-0.1, -0.05) is 24.3 Å². The maximum absolute atomic E-state index is 12.4. The number of amides is 1. The van der Waals surface area contributed by atoms with Crippen LogP contribution in [0.5, 0.6) is 5.75 Å². The smallest absolute Gasteiger partial charge is 0.287 e. The molecule has 4 rings (SSSR count).